The van der Waals surface area contributed by atoms with Crippen LogP contribution in [0.1, 0.15) is 0 Å². The van der Waals surface area contributed by atoms with Crippen LogP contribution in [0.3, 0.4) is 0 Å². The highest BCUT2D eigenvalue weighted by atomic mass is 35.5. The molecule has 0 aliphatic carbocycles. The standard InChI is InChI=1S/C4H7ClN2O3/c1-7(6-9)3-10-4(8)2-5/h2-3H2,1H3. The molecule has 0 aromatic heterocycles. The zero-order chi connectivity index (χ0) is 7.98. The van der Waals surface area contributed by atoms with E-state index in [0.29, 0.717) is 0 Å². The fourth-order valence-electron chi connectivity index (χ4n) is 0.228. The number of nitrogens with zero attached hydrogens (tertiary/aromatic N) is 2. The first-order chi connectivity index (χ1) is 4.70. The SMILES string of the molecule is CN(COC(=O)CCl)N=O. The molecule has 0 amide bonds. The van der Waals surface area contributed by atoms with Crippen molar-refractivity contribution in [1.29, 1.82) is 0 Å². The Balaban J connectivity index is 3.34. The molecule has 0 saturated carbocycles. The molecule has 0 saturated heterocycles. The average Bonchev–Trinajstić information content (AvgIpc) is 1.99. The third-order valence-electron chi connectivity index (χ3n) is 0.661. The van der Waals surface area contributed by atoms with Crippen LogP contribution in [0.15, 0.2) is 5.29 Å². The Labute approximate surface area is 62.8 Å². The van der Waals surface area contributed by atoms with Gasteiger partial charge in [-0.2, -0.15) is 0 Å². The number of hydrogen-bond acceptors (Lipinski definition) is 4. The number of rotatable bonds is 4. The zero-order valence-electron chi connectivity index (χ0n) is 5.41. The molecule has 0 aromatic carbocycles. The summed E-state index contributed by atoms with van der Waals surface area (Å²) in [5.41, 5.74) is 0. The lowest BCUT2D eigenvalue weighted by Gasteiger charge is -2.07. The largest absolute Gasteiger partial charge is 0.442 e. The summed E-state index contributed by atoms with van der Waals surface area (Å²) in [5.74, 6) is -0.788. The highest BCUT2D eigenvalue weighted by molar-refractivity contribution is 6.26. The molecule has 0 heterocycles. The smallest absolute Gasteiger partial charge is 0.322 e. The maximum absolute atomic E-state index is 10.3. The van der Waals surface area contributed by atoms with E-state index in [9.17, 15) is 9.70 Å². The van der Waals surface area contributed by atoms with E-state index < -0.39 is 5.97 Å². The summed E-state index contributed by atoms with van der Waals surface area (Å²) in [4.78, 5) is 20.0. The minimum Gasteiger partial charge on any atom is -0.442 e. The number of hydrogen-bond donors (Lipinski definition) is 0. The predicted octanol–water partition coefficient (Wildman–Crippen LogP) is 0.339. The van der Waals surface area contributed by atoms with Crippen LogP contribution in [0.25, 0.3) is 0 Å². The van der Waals surface area contributed by atoms with E-state index in [2.05, 4.69) is 10.0 Å². The first-order valence-corrected chi connectivity index (χ1v) is 3.00. The summed E-state index contributed by atoms with van der Waals surface area (Å²) >= 11 is 5.08. The van der Waals surface area contributed by atoms with Gasteiger partial charge in [-0.05, 0) is 0 Å². The van der Waals surface area contributed by atoms with Crippen molar-refractivity contribution in [2.45, 2.75) is 0 Å². The fraction of sp³-hybridized carbons (Fsp3) is 0.750. The molecule has 0 rings (SSSR count). The Hall–Kier alpha value is -0.840. The van der Waals surface area contributed by atoms with E-state index in [-0.39, 0.29) is 12.6 Å². The molecular formula is C4H7ClN2O3. The monoisotopic (exact) mass is 166 g/mol. The Morgan fingerprint density at radius 2 is 2.40 bits per heavy atom. The van der Waals surface area contributed by atoms with Gasteiger partial charge in [-0.3, -0.25) is 4.79 Å². The molecule has 0 bridgehead atoms. The summed E-state index contributed by atoms with van der Waals surface area (Å²) in [7, 11) is 1.38. The molecule has 0 fully saturated rings. The molecule has 10 heavy (non-hydrogen) atoms. The third kappa shape index (κ3) is 4.08. The number of carbonyl (C=O) groups excluding carboxylic acids is 1. The molecule has 0 unspecified atom stereocenters. The van der Waals surface area contributed by atoms with Crippen LogP contribution >= 0.6 is 11.6 Å². The normalized spacial score (nSPS) is 8.60. The maximum atomic E-state index is 10.3. The second kappa shape index (κ2) is 4.99. The molecule has 0 atom stereocenters. The zero-order valence-corrected chi connectivity index (χ0v) is 6.17. The van der Waals surface area contributed by atoms with E-state index >= 15 is 0 Å². The minimum atomic E-state index is -0.572. The summed E-state index contributed by atoms with van der Waals surface area (Å²) in [6, 6.07) is 0. The number of ether oxygens (including phenoxy) is 1. The van der Waals surface area contributed by atoms with Crippen LogP contribution < -0.4 is 0 Å². The van der Waals surface area contributed by atoms with Gasteiger partial charge >= 0.3 is 5.97 Å². The minimum absolute atomic E-state index is 0.158. The van der Waals surface area contributed by atoms with E-state index in [4.69, 9.17) is 11.6 Å². The van der Waals surface area contributed by atoms with Gasteiger partial charge in [-0.1, -0.05) is 0 Å². The Kier molecular flexibility index (Phi) is 4.57. The molecule has 0 spiro atoms. The van der Waals surface area contributed by atoms with Gasteiger partial charge in [0.2, 0.25) is 0 Å². The van der Waals surface area contributed by atoms with Gasteiger partial charge in [-0.15, -0.1) is 16.5 Å². The first kappa shape index (κ1) is 9.16. The highest BCUT2D eigenvalue weighted by Gasteiger charge is 2.00. The van der Waals surface area contributed by atoms with Gasteiger partial charge < -0.3 is 4.74 Å². The van der Waals surface area contributed by atoms with Crippen molar-refractivity contribution < 1.29 is 9.53 Å². The molecular weight excluding hydrogens is 160 g/mol. The summed E-state index contributed by atoms with van der Waals surface area (Å²) in [5, 5.41) is 3.39. The topological polar surface area (TPSA) is 59.0 Å². The molecule has 5 nitrogen and oxygen atoms in total. The summed E-state index contributed by atoms with van der Waals surface area (Å²) in [6.45, 7) is -0.158. The Morgan fingerprint density at radius 1 is 1.80 bits per heavy atom. The van der Waals surface area contributed by atoms with Gasteiger partial charge in [-0.25, -0.2) is 5.01 Å². The molecule has 0 aliphatic heterocycles. The van der Waals surface area contributed by atoms with Gasteiger partial charge in [0.25, 0.3) is 0 Å². The highest BCUT2D eigenvalue weighted by Crippen LogP contribution is 1.86. The van der Waals surface area contributed by atoms with Gasteiger partial charge in [0.15, 0.2) is 6.73 Å². The lowest BCUT2D eigenvalue weighted by atomic mass is 10.8. The van der Waals surface area contributed by atoms with Gasteiger partial charge in [0.05, 0.1) is 5.29 Å². The van der Waals surface area contributed by atoms with Crippen LogP contribution in [0, 0.1) is 4.91 Å². The molecule has 0 radical (unpaired) electrons. The van der Waals surface area contributed by atoms with Crippen molar-refractivity contribution >= 4 is 17.6 Å². The molecule has 58 valence electrons. The number of halogens is 1. The molecule has 0 N–H and O–H groups in total. The second-order valence-electron chi connectivity index (χ2n) is 1.52. The maximum Gasteiger partial charge on any atom is 0.322 e. The second-order valence-corrected chi connectivity index (χ2v) is 1.79. The van der Waals surface area contributed by atoms with Gasteiger partial charge in [0, 0.05) is 7.05 Å². The summed E-state index contributed by atoms with van der Waals surface area (Å²) < 4.78 is 4.41. The first-order valence-electron chi connectivity index (χ1n) is 2.46. The lowest BCUT2D eigenvalue weighted by molar-refractivity contribution is -0.144. The van der Waals surface area contributed by atoms with Crippen LogP contribution in [-0.4, -0.2) is 30.6 Å². The Bertz CT molecular complexity index is 130. The fourth-order valence-corrected chi connectivity index (χ4v) is 0.305. The summed E-state index contributed by atoms with van der Waals surface area (Å²) in [6.07, 6.45) is 0. The van der Waals surface area contributed by atoms with Crippen molar-refractivity contribution in [3.05, 3.63) is 4.91 Å². The number of nitroso groups, excluding NO2 is 1. The quantitative estimate of drug-likeness (QED) is 0.199. The van der Waals surface area contributed by atoms with E-state index in [0.717, 1.165) is 5.01 Å². The van der Waals surface area contributed by atoms with Gasteiger partial charge in [0.1, 0.15) is 5.88 Å². The molecule has 6 heteroatoms. The Morgan fingerprint density at radius 3 is 2.80 bits per heavy atom. The number of esters is 1. The van der Waals surface area contributed by atoms with Crippen molar-refractivity contribution in [3.8, 4) is 0 Å². The van der Waals surface area contributed by atoms with Crippen molar-refractivity contribution in [3.63, 3.8) is 0 Å². The van der Waals surface area contributed by atoms with Crippen molar-refractivity contribution in [1.82, 2.24) is 5.01 Å². The van der Waals surface area contributed by atoms with Crippen LogP contribution in [0.4, 0.5) is 0 Å². The van der Waals surface area contributed by atoms with Crippen molar-refractivity contribution in [2.75, 3.05) is 19.7 Å². The molecule has 0 aromatic rings. The van der Waals surface area contributed by atoms with Crippen LogP contribution in [0.2, 0.25) is 0 Å². The number of alkyl halides is 1. The molecule has 0 aliphatic rings. The average molecular weight is 167 g/mol. The van der Waals surface area contributed by atoms with E-state index in [1.165, 1.54) is 7.05 Å². The van der Waals surface area contributed by atoms with E-state index in [1.54, 1.807) is 0 Å². The van der Waals surface area contributed by atoms with E-state index in [1.807, 2.05) is 0 Å². The van der Waals surface area contributed by atoms with Crippen LogP contribution in [-0.2, 0) is 9.53 Å². The number of carbonyl (C=O) groups is 1. The lowest BCUT2D eigenvalue weighted by Crippen LogP contribution is -2.18. The van der Waals surface area contributed by atoms with Crippen molar-refractivity contribution in [2.24, 2.45) is 5.29 Å². The van der Waals surface area contributed by atoms with Crippen LogP contribution in [0.5, 0.6) is 0 Å². The predicted molar refractivity (Wildman–Crippen MR) is 35.2 cm³/mol. The third-order valence-corrected chi connectivity index (χ3v) is 0.879.